The Morgan fingerprint density at radius 3 is 2.48 bits per heavy atom. The maximum Gasteiger partial charge on any atom is 0.360 e. The van der Waals surface area contributed by atoms with Gasteiger partial charge in [0.05, 0.1) is 18.5 Å². The summed E-state index contributed by atoms with van der Waals surface area (Å²) in [5.74, 6) is -1.32. The smallest absolute Gasteiger partial charge is 0.360 e. The Kier molecular flexibility index (Phi) is 4.42. The van der Waals surface area contributed by atoms with Gasteiger partial charge >= 0.3 is 11.9 Å². The Hall–Kier alpha value is -3.48. The quantitative estimate of drug-likeness (QED) is 0.657. The van der Waals surface area contributed by atoms with Gasteiger partial charge in [0.2, 0.25) is 6.10 Å². The molecule has 136 valence electrons. The number of fused-ring (bicyclic) bond motifs is 1. The molecule has 1 aromatic heterocycles. The molecule has 2 heterocycles. The molecule has 7 nitrogen and oxygen atoms in total. The highest BCUT2D eigenvalue weighted by Gasteiger charge is 2.31. The van der Waals surface area contributed by atoms with Gasteiger partial charge in [-0.25, -0.2) is 14.3 Å². The third-order valence-electron chi connectivity index (χ3n) is 4.37. The molecule has 2 aromatic carbocycles. The highest BCUT2D eigenvalue weighted by Crippen LogP contribution is 2.18. The van der Waals surface area contributed by atoms with Crippen molar-refractivity contribution in [3.05, 3.63) is 76.2 Å². The molecule has 0 amide bonds. The number of carbonyl (C=O) groups is 2. The van der Waals surface area contributed by atoms with Crippen LogP contribution in [0.3, 0.4) is 0 Å². The molecule has 1 atom stereocenters. The highest BCUT2D eigenvalue weighted by molar-refractivity contribution is 6.02. The molecule has 27 heavy (non-hydrogen) atoms. The van der Waals surface area contributed by atoms with Gasteiger partial charge in [0.1, 0.15) is 0 Å². The van der Waals surface area contributed by atoms with Crippen LogP contribution >= 0.6 is 0 Å². The maximum absolute atomic E-state index is 12.8. The minimum absolute atomic E-state index is 0.000770. The van der Waals surface area contributed by atoms with Crippen molar-refractivity contribution in [1.82, 2.24) is 9.78 Å². The molecule has 1 saturated heterocycles. The van der Waals surface area contributed by atoms with Crippen LogP contribution in [0.1, 0.15) is 22.5 Å². The second-order valence-electron chi connectivity index (χ2n) is 6.19. The Morgan fingerprint density at radius 1 is 1.07 bits per heavy atom. The summed E-state index contributed by atoms with van der Waals surface area (Å²) < 4.78 is 11.3. The second kappa shape index (κ2) is 7.03. The van der Waals surface area contributed by atoms with E-state index >= 15 is 0 Å². The summed E-state index contributed by atoms with van der Waals surface area (Å²) in [5, 5.41) is 5.00. The number of benzene rings is 2. The summed E-state index contributed by atoms with van der Waals surface area (Å²) in [6, 6.07) is 16.1. The molecule has 4 rings (SSSR count). The van der Waals surface area contributed by atoms with E-state index in [1.807, 2.05) is 30.3 Å². The number of ether oxygens (including phenoxy) is 2. The van der Waals surface area contributed by atoms with Crippen molar-refractivity contribution < 1.29 is 19.1 Å². The van der Waals surface area contributed by atoms with Crippen molar-refractivity contribution in [2.24, 2.45) is 0 Å². The average molecular weight is 364 g/mol. The third-order valence-corrected chi connectivity index (χ3v) is 4.37. The number of carbonyl (C=O) groups excluding carboxylic acids is 2. The van der Waals surface area contributed by atoms with E-state index in [1.165, 1.54) is 4.68 Å². The first kappa shape index (κ1) is 17.0. The first-order valence-corrected chi connectivity index (χ1v) is 8.55. The van der Waals surface area contributed by atoms with Crippen LogP contribution in [0.5, 0.6) is 0 Å². The van der Waals surface area contributed by atoms with Gasteiger partial charge in [0.25, 0.3) is 5.56 Å². The molecule has 0 spiro atoms. The number of nitrogens with zero attached hydrogens (tertiary/aromatic N) is 2. The Balaban J connectivity index is 1.76. The van der Waals surface area contributed by atoms with Crippen LogP contribution in [0.2, 0.25) is 0 Å². The number of esters is 2. The number of rotatable bonds is 4. The molecule has 0 N–H and O–H groups in total. The zero-order valence-corrected chi connectivity index (χ0v) is 14.3. The molecule has 0 saturated carbocycles. The van der Waals surface area contributed by atoms with Gasteiger partial charge in [-0.05, 0) is 11.6 Å². The molecule has 0 radical (unpaired) electrons. The molecule has 0 aliphatic carbocycles. The van der Waals surface area contributed by atoms with Crippen LogP contribution in [-0.4, -0.2) is 34.4 Å². The SMILES string of the molecule is O=C(OC1CCOC1=O)c1nn(Cc2ccccc2)c(=O)c2ccccc12. The summed E-state index contributed by atoms with van der Waals surface area (Å²) in [7, 11) is 0. The van der Waals surface area contributed by atoms with Gasteiger partial charge in [-0.15, -0.1) is 0 Å². The highest BCUT2D eigenvalue weighted by atomic mass is 16.6. The summed E-state index contributed by atoms with van der Waals surface area (Å²) in [4.78, 5) is 37.0. The van der Waals surface area contributed by atoms with Gasteiger partial charge in [-0.1, -0.05) is 48.5 Å². The fourth-order valence-electron chi connectivity index (χ4n) is 3.02. The van der Waals surface area contributed by atoms with E-state index in [4.69, 9.17) is 9.47 Å². The normalized spacial score (nSPS) is 16.3. The number of hydrogen-bond acceptors (Lipinski definition) is 6. The molecular formula is C20H16N2O5. The first-order chi connectivity index (χ1) is 13.1. The molecule has 0 bridgehead atoms. The second-order valence-corrected chi connectivity index (χ2v) is 6.19. The largest absolute Gasteiger partial charge is 0.463 e. The lowest BCUT2D eigenvalue weighted by molar-refractivity contribution is -0.145. The van der Waals surface area contributed by atoms with E-state index < -0.39 is 18.0 Å². The van der Waals surface area contributed by atoms with Crippen LogP contribution in [0.15, 0.2) is 59.4 Å². The molecule has 1 aliphatic rings. The van der Waals surface area contributed by atoms with Crippen molar-refractivity contribution in [3.63, 3.8) is 0 Å². The minimum atomic E-state index is -0.937. The van der Waals surface area contributed by atoms with Crippen molar-refractivity contribution in [2.75, 3.05) is 6.61 Å². The fourth-order valence-corrected chi connectivity index (χ4v) is 3.02. The monoisotopic (exact) mass is 364 g/mol. The van der Waals surface area contributed by atoms with E-state index in [2.05, 4.69) is 5.10 Å². The average Bonchev–Trinajstić information content (AvgIpc) is 3.09. The lowest BCUT2D eigenvalue weighted by Crippen LogP contribution is -2.29. The van der Waals surface area contributed by atoms with Crippen LogP contribution in [-0.2, 0) is 20.8 Å². The van der Waals surface area contributed by atoms with E-state index in [9.17, 15) is 14.4 Å². The van der Waals surface area contributed by atoms with E-state index in [0.29, 0.717) is 17.2 Å². The number of cyclic esters (lactones) is 1. The maximum atomic E-state index is 12.8. The van der Waals surface area contributed by atoms with Crippen LogP contribution in [0.25, 0.3) is 10.8 Å². The third kappa shape index (κ3) is 3.31. The summed E-state index contributed by atoms with van der Waals surface area (Å²) in [6.07, 6.45) is -0.626. The Morgan fingerprint density at radius 2 is 1.78 bits per heavy atom. The fraction of sp³-hybridized carbons (Fsp3) is 0.200. The zero-order chi connectivity index (χ0) is 18.8. The number of aromatic nitrogens is 2. The molecule has 7 heteroatoms. The first-order valence-electron chi connectivity index (χ1n) is 8.55. The van der Waals surface area contributed by atoms with Crippen LogP contribution in [0, 0.1) is 0 Å². The van der Waals surface area contributed by atoms with Crippen molar-refractivity contribution >= 4 is 22.7 Å². The predicted molar refractivity (Wildman–Crippen MR) is 96.3 cm³/mol. The van der Waals surface area contributed by atoms with E-state index in [0.717, 1.165) is 5.56 Å². The van der Waals surface area contributed by atoms with Crippen molar-refractivity contribution in [3.8, 4) is 0 Å². The number of hydrogen-bond donors (Lipinski definition) is 0. The van der Waals surface area contributed by atoms with Crippen LogP contribution < -0.4 is 5.56 Å². The Labute approximate surface area is 154 Å². The molecule has 1 aliphatic heterocycles. The molecule has 1 unspecified atom stereocenters. The van der Waals surface area contributed by atoms with Gasteiger partial charge in [0, 0.05) is 11.8 Å². The summed E-state index contributed by atoms with van der Waals surface area (Å²) >= 11 is 0. The summed E-state index contributed by atoms with van der Waals surface area (Å²) in [5.41, 5.74) is 0.577. The van der Waals surface area contributed by atoms with Crippen molar-refractivity contribution in [1.29, 1.82) is 0 Å². The summed E-state index contributed by atoms with van der Waals surface area (Å²) in [6.45, 7) is 0.439. The van der Waals surface area contributed by atoms with Gasteiger partial charge < -0.3 is 9.47 Å². The van der Waals surface area contributed by atoms with Gasteiger partial charge in [0.15, 0.2) is 5.69 Å². The predicted octanol–water partition coefficient (Wildman–Crippen LogP) is 1.92. The Bertz CT molecular complexity index is 1070. The molecular weight excluding hydrogens is 348 g/mol. The lowest BCUT2D eigenvalue weighted by Gasteiger charge is -2.12. The molecule has 1 fully saturated rings. The topological polar surface area (TPSA) is 87.5 Å². The van der Waals surface area contributed by atoms with Crippen molar-refractivity contribution in [2.45, 2.75) is 19.1 Å². The molecule has 3 aromatic rings. The standard InChI is InChI=1S/C20H16N2O5/c23-18-15-9-5-4-8-14(15)17(20(25)27-16-10-11-26-19(16)24)21-22(18)12-13-6-2-1-3-7-13/h1-9,16H,10-12H2. The zero-order valence-electron chi connectivity index (χ0n) is 14.3. The van der Waals surface area contributed by atoms with Gasteiger partial charge in [-0.2, -0.15) is 5.10 Å². The van der Waals surface area contributed by atoms with Gasteiger partial charge in [-0.3, -0.25) is 4.79 Å². The lowest BCUT2D eigenvalue weighted by atomic mass is 10.1. The minimum Gasteiger partial charge on any atom is -0.463 e. The van der Waals surface area contributed by atoms with E-state index in [-0.39, 0.29) is 24.4 Å². The van der Waals surface area contributed by atoms with Crippen LogP contribution in [0.4, 0.5) is 0 Å². The van der Waals surface area contributed by atoms with E-state index in [1.54, 1.807) is 24.3 Å².